The molecular weight excluding hydrogens is 492 g/mol. The van der Waals surface area contributed by atoms with Gasteiger partial charge in [-0.05, 0) is 55.3 Å². The molecule has 2 aliphatic rings. The zero-order valence-corrected chi connectivity index (χ0v) is 21.6. The van der Waals surface area contributed by atoms with E-state index in [1.54, 1.807) is 29.3 Å². The highest BCUT2D eigenvalue weighted by Gasteiger charge is 2.60. The lowest BCUT2D eigenvalue weighted by atomic mass is 9.90. The van der Waals surface area contributed by atoms with Gasteiger partial charge in [0.25, 0.3) is 5.91 Å². The van der Waals surface area contributed by atoms with Gasteiger partial charge in [-0.25, -0.2) is 9.96 Å². The highest BCUT2D eigenvalue weighted by molar-refractivity contribution is 6.36. The maximum atomic E-state index is 13.8. The van der Waals surface area contributed by atoms with Crippen molar-refractivity contribution in [2.75, 3.05) is 23.2 Å². The number of nitrogens with zero attached hydrogens (tertiary/aromatic N) is 2. The number of halogens is 1. The van der Waals surface area contributed by atoms with Crippen LogP contribution in [0, 0.1) is 5.92 Å². The normalized spacial score (nSPS) is 20.9. The van der Waals surface area contributed by atoms with Crippen LogP contribution in [0.2, 0.25) is 5.02 Å². The predicted molar refractivity (Wildman–Crippen MR) is 142 cm³/mol. The molecule has 37 heavy (non-hydrogen) atoms. The number of rotatable bonds is 9. The molecule has 0 spiro atoms. The van der Waals surface area contributed by atoms with E-state index in [0.29, 0.717) is 35.4 Å². The number of hydroxylamine groups is 1. The standard InChI is InChI=1S/C29H29ClN2O5/c1-3-5-17-36-23-16-15-19(18-24(23)35-4-2)26-25-27(37-32(26)20-11-7-6-8-12-20)29(34)31(28(25)33)22-14-10-9-13-21(22)30/h6-16,18,25-27H,3-5,17H2,1-2H3/t25-,26+,27+/m1/s1. The Bertz CT molecular complexity index is 1280. The van der Waals surface area contributed by atoms with Crippen molar-refractivity contribution in [1.29, 1.82) is 0 Å². The molecule has 2 saturated heterocycles. The number of carbonyl (C=O) groups excluding carboxylic acids is 2. The van der Waals surface area contributed by atoms with E-state index < -0.39 is 24.0 Å². The van der Waals surface area contributed by atoms with Gasteiger partial charge >= 0.3 is 0 Å². The number of para-hydroxylation sites is 2. The van der Waals surface area contributed by atoms with Crippen LogP contribution in [-0.4, -0.2) is 31.1 Å². The van der Waals surface area contributed by atoms with Crippen LogP contribution in [-0.2, 0) is 14.4 Å². The van der Waals surface area contributed by atoms with Crippen molar-refractivity contribution < 1.29 is 23.9 Å². The Hall–Kier alpha value is -3.55. The molecule has 3 aromatic carbocycles. The highest BCUT2D eigenvalue weighted by Crippen LogP contribution is 2.49. The van der Waals surface area contributed by atoms with Crippen molar-refractivity contribution in [3.05, 3.63) is 83.4 Å². The number of unbranched alkanes of at least 4 members (excludes halogenated alkanes) is 1. The molecule has 2 fully saturated rings. The van der Waals surface area contributed by atoms with Crippen molar-refractivity contribution >= 4 is 34.8 Å². The molecule has 192 valence electrons. The number of benzene rings is 3. The van der Waals surface area contributed by atoms with E-state index in [2.05, 4.69) is 6.92 Å². The third-order valence-corrected chi connectivity index (χ3v) is 6.90. The number of carbonyl (C=O) groups is 2. The highest BCUT2D eigenvalue weighted by atomic mass is 35.5. The largest absolute Gasteiger partial charge is 0.490 e. The summed E-state index contributed by atoms with van der Waals surface area (Å²) in [6, 6.07) is 21.4. The van der Waals surface area contributed by atoms with Gasteiger partial charge in [-0.15, -0.1) is 0 Å². The summed E-state index contributed by atoms with van der Waals surface area (Å²) in [6.07, 6.45) is 0.975. The van der Waals surface area contributed by atoms with E-state index in [4.69, 9.17) is 25.9 Å². The molecule has 2 heterocycles. The van der Waals surface area contributed by atoms with Gasteiger partial charge in [0.15, 0.2) is 17.6 Å². The van der Waals surface area contributed by atoms with Crippen molar-refractivity contribution in [3.63, 3.8) is 0 Å². The number of hydrogen-bond acceptors (Lipinski definition) is 6. The predicted octanol–water partition coefficient (Wildman–Crippen LogP) is 5.97. The maximum absolute atomic E-state index is 13.8. The van der Waals surface area contributed by atoms with E-state index in [9.17, 15) is 9.59 Å². The Labute approximate surface area is 221 Å². The molecule has 7 nitrogen and oxygen atoms in total. The number of anilines is 2. The number of fused-ring (bicyclic) bond motifs is 1. The summed E-state index contributed by atoms with van der Waals surface area (Å²) >= 11 is 6.37. The molecule has 0 aromatic heterocycles. The van der Waals surface area contributed by atoms with Gasteiger partial charge < -0.3 is 9.47 Å². The monoisotopic (exact) mass is 520 g/mol. The zero-order chi connectivity index (χ0) is 25.9. The third-order valence-electron chi connectivity index (χ3n) is 6.58. The molecular formula is C29H29ClN2O5. The van der Waals surface area contributed by atoms with Crippen LogP contribution in [0.15, 0.2) is 72.8 Å². The minimum atomic E-state index is -0.981. The quantitative estimate of drug-likeness (QED) is 0.256. The SMILES string of the molecule is CCCCOc1ccc([C@H]2[C@H]3C(=O)N(c4ccccc4Cl)C(=O)[C@H]3ON2c2ccccc2)cc1OCC. The summed E-state index contributed by atoms with van der Waals surface area (Å²) < 4.78 is 11.9. The first kappa shape index (κ1) is 25.1. The minimum absolute atomic E-state index is 0.327. The van der Waals surface area contributed by atoms with Crippen LogP contribution >= 0.6 is 11.6 Å². The first-order valence-electron chi connectivity index (χ1n) is 12.6. The molecule has 0 radical (unpaired) electrons. The number of imide groups is 1. The molecule has 5 rings (SSSR count). The fourth-order valence-corrected chi connectivity index (χ4v) is 5.07. The van der Waals surface area contributed by atoms with E-state index >= 15 is 0 Å². The van der Waals surface area contributed by atoms with Gasteiger partial charge in [0.1, 0.15) is 5.92 Å². The molecule has 8 heteroatoms. The molecule has 3 atom stereocenters. The Morgan fingerprint density at radius 2 is 1.65 bits per heavy atom. The lowest BCUT2D eigenvalue weighted by Crippen LogP contribution is -2.37. The van der Waals surface area contributed by atoms with E-state index in [-0.39, 0.29) is 5.91 Å². The van der Waals surface area contributed by atoms with Crippen molar-refractivity contribution in [1.82, 2.24) is 0 Å². The average molecular weight is 521 g/mol. The van der Waals surface area contributed by atoms with Gasteiger partial charge in [0.2, 0.25) is 5.91 Å². The van der Waals surface area contributed by atoms with Crippen molar-refractivity contribution in [2.24, 2.45) is 5.92 Å². The molecule has 0 unspecified atom stereocenters. The molecule has 0 aliphatic carbocycles. The molecule has 0 saturated carbocycles. The fraction of sp³-hybridized carbons (Fsp3) is 0.310. The summed E-state index contributed by atoms with van der Waals surface area (Å²) in [5.74, 6) is -0.325. The van der Waals surface area contributed by atoms with Gasteiger partial charge in [-0.1, -0.05) is 61.3 Å². The van der Waals surface area contributed by atoms with Gasteiger partial charge in [0.05, 0.1) is 35.7 Å². The molecule has 3 aromatic rings. The minimum Gasteiger partial charge on any atom is -0.490 e. The summed E-state index contributed by atoms with van der Waals surface area (Å²) in [7, 11) is 0. The van der Waals surface area contributed by atoms with Crippen LogP contribution in [0.25, 0.3) is 0 Å². The fourth-order valence-electron chi connectivity index (χ4n) is 4.85. The van der Waals surface area contributed by atoms with Gasteiger partial charge in [0, 0.05) is 0 Å². The van der Waals surface area contributed by atoms with Crippen molar-refractivity contribution in [3.8, 4) is 11.5 Å². The smallest absolute Gasteiger partial charge is 0.266 e. The van der Waals surface area contributed by atoms with E-state index in [1.165, 1.54) is 0 Å². The Morgan fingerprint density at radius 3 is 2.38 bits per heavy atom. The van der Waals surface area contributed by atoms with Crippen LogP contribution < -0.4 is 19.4 Å². The van der Waals surface area contributed by atoms with Gasteiger partial charge in [-0.3, -0.25) is 14.4 Å². The average Bonchev–Trinajstić information content (AvgIpc) is 3.42. The summed E-state index contributed by atoms with van der Waals surface area (Å²) in [5.41, 5.74) is 1.88. The van der Waals surface area contributed by atoms with Crippen LogP contribution in [0.1, 0.15) is 38.3 Å². The maximum Gasteiger partial charge on any atom is 0.266 e. The van der Waals surface area contributed by atoms with Crippen molar-refractivity contribution in [2.45, 2.75) is 38.8 Å². The Balaban J connectivity index is 1.56. The van der Waals surface area contributed by atoms with Crippen LogP contribution in [0.4, 0.5) is 11.4 Å². The summed E-state index contributed by atoms with van der Waals surface area (Å²) in [4.78, 5) is 34.8. The lowest BCUT2D eigenvalue weighted by Gasteiger charge is -2.29. The second kappa shape index (κ2) is 10.8. The van der Waals surface area contributed by atoms with Gasteiger partial charge in [-0.2, -0.15) is 0 Å². The zero-order valence-electron chi connectivity index (χ0n) is 20.8. The first-order valence-corrected chi connectivity index (χ1v) is 13.0. The van der Waals surface area contributed by atoms with E-state index in [1.807, 2.05) is 55.5 Å². The van der Waals surface area contributed by atoms with Crippen LogP contribution in [0.5, 0.6) is 11.5 Å². The molecule has 2 amide bonds. The Kier molecular flexibility index (Phi) is 7.35. The molecule has 2 aliphatic heterocycles. The third kappa shape index (κ3) is 4.65. The summed E-state index contributed by atoms with van der Waals surface area (Å²) in [6.45, 7) is 5.06. The second-order valence-corrected chi connectivity index (χ2v) is 9.37. The number of amides is 2. The van der Waals surface area contributed by atoms with Crippen LogP contribution in [0.3, 0.4) is 0 Å². The summed E-state index contributed by atoms with van der Waals surface area (Å²) in [5, 5.41) is 1.99. The molecule has 0 N–H and O–H groups in total. The first-order chi connectivity index (χ1) is 18.0. The number of hydrogen-bond donors (Lipinski definition) is 0. The topological polar surface area (TPSA) is 68.3 Å². The second-order valence-electron chi connectivity index (χ2n) is 8.96. The molecule has 0 bridgehead atoms. The Morgan fingerprint density at radius 1 is 0.892 bits per heavy atom. The van der Waals surface area contributed by atoms with E-state index in [0.717, 1.165) is 29.0 Å². The number of ether oxygens (including phenoxy) is 2. The lowest BCUT2D eigenvalue weighted by molar-refractivity contribution is -0.126.